The van der Waals surface area contributed by atoms with Gasteiger partial charge in [-0.2, -0.15) is 5.10 Å². The number of likely N-dealkylation sites (N-methyl/N-ethyl adjacent to an activating group) is 1. The van der Waals surface area contributed by atoms with Gasteiger partial charge in [-0.3, -0.25) is 9.69 Å². The van der Waals surface area contributed by atoms with Crippen molar-refractivity contribution in [1.82, 2.24) is 19.6 Å². The van der Waals surface area contributed by atoms with Crippen molar-refractivity contribution in [1.29, 1.82) is 0 Å². The number of nitrogens with zero attached hydrogens (tertiary/aromatic N) is 4. The van der Waals surface area contributed by atoms with Gasteiger partial charge in [-0.1, -0.05) is 13.8 Å². The van der Waals surface area contributed by atoms with E-state index in [-0.39, 0.29) is 36.2 Å². The van der Waals surface area contributed by atoms with Crippen molar-refractivity contribution in [3.05, 3.63) is 51.6 Å². The molecule has 0 aliphatic carbocycles. The molecule has 1 aliphatic rings. The average Bonchev–Trinajstić information content (AvgIpc) is 2.62. The molecule has 29 heavy (non-hydrogen) atoms. The van der Waals surface area contributed by atoms with Crippen LogP contribution in [-0.2, 0) is 13.1 Å². The number of rotatable bonds is 5. The fraction of sp³-hybridized carbons (Fsp3) is 0.524. The average molecular weight is 445 g/mol. The zero-order valence-corrected chi connectivity index (χ0v) is 19.2. The summed E-state index contributed by atoms with van der Waals surface area (Å²) >= 11 is 0. The van der Waals surface area contributed by atoms with Crippen LogP contribution in [0, 0.1) is 18.7 Å². The van der Waals surface area contributed by atoms with Crippen LogP contribution < -0.4 is 5.56 Å². The third kappa shape index (κ3) is 6.51. The molecule has 1 aliphatic heterocycles. The second-order valence-electron chi connectivity index (χ2n) is 7.98. The fourth-order valence-electron chi connectivity index (χ4n) is 3.37. The summed E-state index contributed by atoms with van der Waals surface area (Å²) < 4.78 is 15.2. The maximum atomic E-state index is 13.7. The van der Waals surface area contributed by atoms with Gasteiger partial charge >= 0.3 is 0 Å². The first kappa shape index (κ1) is 25.6. The lowest BCUT2D eigenvalue weighted by molar-refractivity contribution is 0.147. The highest BCUT2D eigenvalue weighted by Gasteiger charge is 2.18. The highest BCUT2D eigenvalue weighted by Crippen LogP contribution is 2.20. The number of benzene rings is 1. The van der Waals surface area contributed by atoms with Crippen molar-refractivity contribution >= 4 is 24.8 Å². The van der Waals surface area contributed by atoms with Crippen molar-refractivity contribution in [3.63, 3.8) is 0 Å². The Morgan fingerprint density at radius 2 is 1.76 bits per heavy atom. The molecule has 0 spiro atoms. The van der Waals surface area contributed by atoms with Gasteiger partial charge < -0.3 is 4.90 Å². The third-order valence-electron chi connectivity index (χ3n) is 5.03. The largest absolute Gasteiger partial charge is 0.304 e. The Morgan fingerprint density at radius 3 is 2.34 bits per heavy atom. The Labute approximate surface area is 184 Å². The molecule has 162 valence electrons. The molecule has 1 saturated heterocycles. The first-order valence-corrected chi connectivity index (χ1v) is 9.62. The first-order chi connectivity index (χ1) is 12.8. The van der Waals surface area contributed by atoms with Crippen LogP contribution in [0.3, 0.4) is 0 Å². The quantitative estimate of drug-likeness (QED) is 0.706. The van der Waals surface area contributed by atoms with E-state index in [9.17, 15) is 9.18 Å². The Balaban J connectivity index is 0.00000210. The van der Waals surface area contributed by atoms with E-state index in [1.807, 2.05) is 6.07 Å². The summed E-state index contributed by atoms with van der Waals surface area (Å²) in [5, 5.41) is 4.57. The zero-order chi connectivity index (χ0) is 19.6. The van der Waals surface area contributed by atoms with Gasteiger partial charge in [-0.25, -0.2) is 9.07 Å². The minimum Gasteiger partial charge on any atom is -0.304 e. The van der Waals surface area contributed by atoms with Gasteiger partial charge in [0.25, 0.3) is 5.56 Å². The van der Waals surface area contributed by atoms with Gasteiger partial charge in [-0.05, 0) is 49.7 Å². The van der Waals surface area contributed by atoms with Gasteiger partial charge in [-0.15, -0.1) is 24.8 Å². The van der Waals surface area contributed by atoms with E-state index < -0.39 is 0 Å². The first-order valence-electron chi connectivity index (χ1n) is 9.62. The van der Waals surface area contributed by atoms with Crippen molar-refractivity contribution in [3.8, 4) is 11.3 Å². The number of hydrogen-bond acceptors (Lipinski definition) is 4. The normalized spacial score (nSPS) is 15.1. The topological polar surface area (TPSA) is 41.4 Å². The molecule has 1 aromatic carbocycles. The van der Waals surface area contributed by atoms with E-state index in [0.29, 0.717) is 24.6 Å². The van der Waals surface area contributed by atoms with Crippen LogP contribution in [-0.4, -0.2) is 52.8 Å². The summed E-state index contributed by atoms with van der Waals surface area (Å²) in [6, 6.07) is 6.87. The van der Waals surface area contributed by atoms with Crippen LogP contribution in [0.4, 0.5) is 4.39 Å². The minimum absolute atomic E-state index is 0. The van der Waals surface area contributed by atoms with E-state index in [4.69, 9.17) is 0 Å². The van der Waals surface area contributed by atoms with Gasteiger partial charge in [0.2, 0.25) is 0 Å². The highest BCUT2D eigenvalue weighted by atomic mass is 35.5. The lowest BCUT2D eigenvalue weighted by Crippen LogP contribution is -2.45. The molecule has 0 N–H and O–H groups in total. The number of halogens is 3. The highest BCUT2D eigenvalue weighted by molar-refractivity contribution is 5.85. The lowest BCUT2D eigenvalue weighted by atomic mass is 10.1. The molecule has 0 saturated carbocycles. The summed E-state index contributed by atoms with van der Waals surface area (Å²) in [7, 11) is 2.12. The molecule has 0 radical (unpaired) electrons. The molecule has 5 nitrogen and oxygen atoms in total. The molecule has 0 amide bonds. The fourth-order valence-corrected chi connectivity index (χ4v) is 3.37. The number of aromatic nitrogens is 2. The molecular formula is C21H31Cl2FN4O. The van der Waals surface area contributed by atoms with Crippen molar-refractivity contribution < 1.29 is 4.39 Å². The second kappa shape index (κ2) is 11.1. The Hall–Kier alpha value is -1.47. The molecule has 1 aromatic heterocycles. The summed E-state index contributed by atoms with van der Waals surface area (Å²) in [4.78, 5) is 17.6. The van der Waals surface area contributed by atoms with Gasteiger partial charge in [0.15, 0.2) is 0 Å². The van der Waals surface area contributed by atoms with Gasteiger partial charge in [0.1, 0.15) is 5.82 Å². The van der Waals surface area contributed by atoms with Crippen LogP contribution >= 0.6 is 24.8 Å². The molecule has 1 fully saturated rings. The standard InChI is InChI=1S/C21H29FN4O.2ClH/c1-15(2)13-26-21(27)18(14-25-9-7-24(4)8-10-25)12-20(23-26)17-5-6-19(22)16(3)11-17;;/h5-6,11-12,15H,7-10,13-14H2,1-4H3;2*1H. The van der Waals surface area contributed by atoms with Crippen LogP contribution in [0.5, 0.6) is 0 Å². The van der Waals surface area contributed by atoms with E-state index in [0.717, 1.165) is 43.0 Å². The molecular weight excluding hydrogens is 414 g/mol. The molecule has 0 bridgehead atoms. The zero-order valence-electron chi connectivity index (χ0n) is 17.5. The van der Waals surface area contributed by atoms with E-state index in [1.54, 1.807) is 23.7 Å². The van der Waals surface area contributed by atoms with Crippen LogP contribution in [0.2, 0.25) is 0 Å². The van der Waals surface area contributed by atoms with Crippen molar-refractivity contribution in [2.75, 3.05) is 33.2 Å². The molecule has 0 atom stereocenters. The maximum absolute atomic E-state index is 13.7. The summed E-state index contributed by atoms with van der Waals surface area (Å²) in [5.74, 6) is 0.0869. The Kier molecular flexibility index (Phi) is 9.76. The molecule has 2 aromatic rings. The lowest BCUT2D eigenvalue weighted by Gasteiger charge is -2.32. The maximum Gasteiger partial charge on any atom is 0.271 e. The van der Waals surface area contributed by atoms with Crippen LogP contribution in [0.1, 0.15) is 25.0 Å². The molecule has 2 heterocycles. The van der Waals surface area contributed by atoms with Gasteiger partial charge in [0.05, 0.1) is 5.69 Å². The van der Waals surface area contributed by atoms with Crippen molar-refractivity contribution in [2.45, 2.75) is 33.9 Å². The molecule has 3 rings (SSSR count). The van der Waals surface area contributed by atoms with Gasteiger partial charge in [0, 0.05) is 50.4 Å². The Morgan fingerprint density at radius 1 is 1.10 bits per heavy atom. The number of piperazine rings is 1. The smallest absolute Gasteiger partial charge is 0.271 e. The Bertz CT molecular complexity index is 864. The second-order valence-corrected chi connectivity index (χ2v) is 7.98. The predicted molar refractivity (Wildman–Crippen MR) is 121 cm³/mol. The van der Waals surface area contributed by atoms with Crippen LogP contribution in [0.25, 0.3) is 11.3 Å². The number of aryl methyl sites for hydroxylation is 1. The van der Waals surface area contributed by atoms with E-state index >= 15 is 0 Å². The SMILES string of the molecule is Cc1cc(-c2cc(CN3CCN(C)CC3)c(=O)n(CC(C)C)n2)ccc1F.Cl.Cl. The minimum atomic E-state index is -0.230. The summed E-state index contributed by atoms with van der Waals surface area (Å²) in [6.07, 6.45) is 0. The number of hydrogen-bond donors (Lipinski definition) is 0. The van der Waals surface area contributed by atoms with Crippen molar-refractivity contribution in [2.24, 2.45) is 5.92 Å². The predicted octanol–water partition coefficient (Wildman–Crippen LogP) is 3.60. The molecule has 8 heteroatoms. The van der Waals surface area contributed by atoms with E-state index in [2.05, 4.69) is 35.8 Å². The third-order valence-corrected chi connectivity index (χ3v) is 5.03. The summed E-state index contributed by atoms with van der Waals surface area (Å²) in [5.41, 5.74) is 2.88. The molecule has 0 unspecified atom stereocenters. The van der Waals surface area contributed by atoms with E-state index in [1.165, 1.54) is 6.07 Å². The summed E-state index contributed by atoms with van der Waals surface area (Å²) in [6.45, 7) is 11.0. The van der Waals surface area contributed by atoms with Crippen LogP contribution in [0.15, 0.2) is 29.1 Å². The monoisotopic (exact) mass is 444 g/mol.